The molecular formula is C70H77N2O3S+. The summed E-state index contributed by atoms with van der Waals surface area (Å²) in [4.78, 5) is 32.5. The van der Waals surface area contributed by atoms with Crippen molar-refractivity contribution in [1.29, 1.82) is 0 Å². The average Bonchev–Trinajstić information content (AvgIpc) is 4.05. The number of unbranched alkanes of at least 4 members (excludes halogenated alkanes) is 10. The number of rotatable bonds is 21. The molecule has 6 aromatic carbocycles. The summed E-state index contributed by atoms with van der Waals surface area (Å²) in [6.07, 6.45) is 22.3. The largest absolute Gasteiger partial charge is 0.506 e. The average molecular weight is 1030 g/mol. The van der Waals surface area contributed by atoms with E-state index < -0.39 is 11.6 Å². The third-order valence-electron chi connectivity index (χ3n) is 17.1. The van der Waals surface area contributed by atoms with E-state index in [0.717, 1.165) is 87.3 Å². The van der Waals surface area contributed by atoms with Gasteiger partial charge in [-0.1, -0.05) is 188 Å². The number of benzene rings is 6. The predicted molar refractivity (Wildman–Crippen MR) is 324 cm³/mol. The summed E-state index contributed by atoms with van der Waals surface area (Å²) in [6, 6.07) is 46.1. The van der Waals surface area contributed by atoms with Crippen LogP contribution in [0.15, 0.2) is 163 Å². The number of hydrogen-bond acceptors (Lipinski definition) is 5. The smallest absolute Gasteiger partial charge is 0.237 e. The second kappa shape index (κ2) is 22.5. The molecule has 10 rings (SSSR count). The van der Waals surface area contributed by atoms with Gasteiger partial charge < -0.3 is 10.0 Å². The summed E-state index contributed by atoms with van der Waals surface area (Å²) >= 11 is 1.79. The highest BCUT2D eigenvalue weighted by Crippen LogP contribution is 2.53. The quantitative estimate of drug-likeness (QED) is 0.0337. The Hall–Kier alpha value is -6.60. The second-order valence-electron chi connectivity index (χ2n) is 22.9. The maximum Gasteiger partial charge on any atom is 0.237 e. The third kappa shape index (κ3) is 10.2. The molecule has 0 saturated carbocycles. The van der Waals surface area contributed by atoms with Gasteiger partial charge in [0.2, 0.25) is 11.6 Å². The number of hydrogen-bond donors (Lipinski definition) is 1. The molecule has 7 aromatic rings. The van der Waals surface area contributed by atoms with Gasteiger partial charge in [-0.2, -0.15) is 0 Å². The Morgan fingerprint density at radius 1 is 0.645 bits per heavy atom. The summed E-state index contributed by atoms with van der Waals surface area (Å²) in [6.45, 7) is 14.5. The van der Waals surface area contributed by atoms with Gasteiger partial charge in [0.05, 0.1) is 30.1 Å². The highest BCUT2D eigenvalue weighted by atomic mass is 32.1. The van der Waals surface area contributed by atoms with Gasteiger partial charge in [-0.15, -0.1) is 11.3 Å². The first-order chi connectivity index (χ1) is 36.8. The van der Waals surface area contributed by atoms with Crippen LogP contribution in [-0.2, 0) is 9.59 Å². The molecule has 0 saturated heterocycles. The van der Waals surface area contributed by atoms with Crippen LogP contribution in [0.3, 0.4) is 0 Å². The summed E-state index contributed by atoms with van der Waals surface area (Å²) in [5.74, 6) is -1.36. The molecule has 0 radical (unpaired) electrons. The number of nitrogens with zero attached hydrogens (tertiary/aromatic N) is 2. The minimum Gasteiger partial charge on any atom is -0.506 e. The Balaban J connectivity index is 1.07. The van der Waals surface area contributed by atoms with Gasteiger partial charge in [-0.05, 0) is 138 Å². The van der Waals surface area contributed by atoms with Crippen LogP contribution >= 0.6 is 11.3 Å². The van der Waals surface area contributed by atoms with Crippen molar-refractivity contribution < 1.29 is 14.7 Å². The summed E-state index contributed by atoms with van der Waals surface area (Å²) in [5, 5.41) is 18.2. The van der Waals surface area contributed by atoms with E-state index in [9.17, 15) is 14.7 Å². The van der Waals surface area contributed by atoms with Gasteiger partial charge in [0.15, 0.2) is 0 Å². The lowest BCUT2D eigenvalue weighted by atomic mass is 9.69. The minimum absolute atomic E-state index is 0.0340. The zero-order valence-corrected chi connectivity index (χ0v) is 46.9. The van der Waals surface area contributed by atoms with Crippen molar-refractivity contribution in [2.75, 3.05) is 18.5 Å². The van der Waals surface area contributed by atoms with Gasteiger partial charge >= 0.3 is 0 Å². The van der Waals surface area contributed by atoms with Crippen molar-refractivity contribution in [3.63, 3.8) is 0 Å². The van der Waals surface area contributed by atoms with Crippen LogP contribution in [0, 0.1) is 19.3 Å². The number of aliphatic hydroxyl groups excluding tert-OH is 1. The first-order valence-corrected chi connectivity index (χ1v) is 29.3. The molecule has 76 heavy (non-hydrogen) atoms. The van der Waals surface area contributed by atoms with Gasteiger partial charge in [0, 0.05) is 34.0 Å². The molecule has 5 nitrogen and oxygen atoms in total. The molecule has 2 unspecified atom stereocenters. The maximum absolute atomic E-state index is 14.5. The van der Waals surface area contributed by atoms with Crippen LogP contribution in [0.1, 0.15) is 151 Å². The molecule has 0 bridgehead atoms. The van der Waals surface area contributed by atoms with E-state index in [1.165, 1.54) is 102 Å². The highest BCUT2D eigenvalue weighted by Gasteiger charge is 2.44. The van der Waals surface area contributed by atoms with Crippen molar-refractivity contribution >= 4 is 77.8 Å². The number of allylic oxidation sites excluding steroid dienone is 6. The maximum atomic E-state index is 14.5. The van der Waals surface area contributed by atoms with E-state index in [4.69, 9.17) is 0 Å². The lowest BCUT2D eigenvalue weighted by Gasteiger charge is -2.35. The van der Waals surface area contributed by atoms with Gasteiger partial charge in [-0.25, -0.2) is 0 Å². The molecular weight excluding hydrogens is 949 g/mol. The molecule has 6 heteroatoms. The van der Waals surface area contributed by atoms with Crippen LogP contribution in [0.2, 0.25) is 0 Å². The van der Waals surface area contributed by atoms with Crippen molar-refractivity contribution in [2.45, 2.75) is 137 Å². The number of ketones is 2. The van der Waals surface area contributed by atoms with Crippen LogP contribution < -0.4 is 9.38 Å². The Bertz CT molecular complexity index is 3390. The Labute approximate surface area is 456 Å². The Morgan fingerprint density at radius 2 is 1.26 bits per heavy atom. The van der Waals surface area contributed by atoms with Crippen LogP contribution in [0.5, 0.6) is 0 Å². The van der Waals surface area contributed by atoms with E-state index in [1.807, 2.05) is 12.2 Å². The lowest BCUT2D eigenvalue weighted by molar-refractivity contribution is -0.131. The molecule has 0 spiro atoms. The standard InChI is InChI=1S/C70H76N2O3S/c1-8-10-12-14-15-17-19-44-72(7)61-28-21-24-49-23-20-27-57(65(49)61)62(72)46-59-67(73)58(68(74)69(59)75)45-50-33-40-60(70(5,6)43-18-16-13-11-9-2)56-39-38-54(55-26-22-25-53(50)66(55)56)63-41-42-64(76-63)71(51-34-29-47(3)30-35-51)52-36-31-48(4)32-37-52/h20-39,41-42,45-46,60H,8-19,40,43-44H2,1-7H3/p+1/b58-45-,62-46+. The highest BCUT2D eigenvalue weighted by molar-refractivity contribution is 7.19. The van der Waals surface area contributed by atoms with Crippen LogP contribution in [0.25, 0.3) is 43.3 Å². The third-order valence-corrected chi connectivity index (χ3v) is 18.2. The molecule has 2 heterocycles. The van der Waals surface area contributed by atoms with Crippen molar-refractivity contribution in [2.24, 2.45) is 5.41 Å². The molecule has 3 aliphatic rings. The fourth-order valence-corrected chi connectivity index (χ4v) is 13.7. The van der Waals surface area contributed by atoms with Gasteiger partial charge in [0.25, 0.3) is 0 Å². The van der Waals surface area contributed by atoms with E-state index in [0.29, 0.717) is 4.48 Å². The summed E-state index contributed by atoms with van der Waals surface area (Å²) in [7, 11) is 2.24. The van der Waals surface area contributed by atoms with Gasteiger partial charge in [0.1, 0.15) is 22.1 Å². The number of carbonyl (C=O) groups is 2. The first kappa shape index (κ1) is 52.8. The number of aryl methyl sites for hydroxylation is 2. The minimum atomic E-state index is -0.660. The molecule has 1 aromatic heterocycles. The van der Waals surface area contributed by atoms with E-state index >= 15 is 0 Å². The van der Waals surface area contributed by atoms with Crippen molar-refractivity contribution in [3.05, 3.63) is 190 Å². The monoisotopic (exact) mass is 1030 g/mol. The summed E-state index contributed by atoms with van der Waals surface area (Å²) < 4.78 is 0.507. The lowest BCUT2D eigenvalue weighted by Crippen LogP contribution is -2.41. The Morgan fingerprint density at radius 3 is 1.95 bits per heavy atom. The molecule has 2 aliphatic carbocycles. The number of aliphatic hydroxyl groups is 1. The normalized spacial score (nSPS) is 18.5. The SMILES string of the molecule is CCCCCCCCC[N+]1(C)/C(=C/C2=C(O)C(=C/C3=CCC(C(C)(C)CCCCCCC)c4ccc(-c5ccc(N(c6ccc(C)cc6)c6ccc(C)cc6)s5)c5cccc3c45)/C(=O)C2=O)c2cccc3cccc1c23. The van der Waals surface area contributed by atoms with Crippen LogP contribution in [0.4, 0.5) is 22.1 Å². The zero-order chi connectivity index (χ0) is 53.1. The zero-order valence-electron chi connectivity index (χ0n) is 46.1. The van der Waals surface area contributed by atoms with Crippen LogP contribution in [-0.4, -0.2) is 30.3 Å². The fraction of sp³-hybridized carbons (Fsp3) is 0.343. The topological polar surface area (TPSA) is 57.6 Å². The molecule has 1 aliphatic heterocycles. The van der Waals surface area contributed by atoms with E-state index in [2.05, 4.69) is 187 Å². The number of Topliss-reactive ketones (excluding diaryl/α,β-unsaturated/α-hetero) is 2. The molecule has 2 atom stereocenters. The summed E-state index contributed by atoms with van der Waals surface area (Å²) in [5.41, 5.74) is 12.3. The van der Waals surface area contributed by atoms with Crippen molar-refractivity contribution in [1.82, 2.24) is 4.48 Å². The van der Waals surface area contributed by atoms with Gasteiger partial charge in [-0.3, -0.25) is 14.1 Å². The predicted octanol–water partition coefficient (Wildman–Crippen LogP) is 19.7. The number of carbonyl (C=O) groups excluding carboxylic acids is 2. The van der Waals surface area contributed by atoms with E-state index in [1.54, 1.807) is 11.3 Å². The fourth-order valence-electron chi connectivity index (χ4n) is 12.6. The first-order valence-electron chi connectivity index (χ1n) is 28.5. The number of anilines is 3. The molecule has 0 amide bonds. The number of quaternary nitrogens is 1. The molecule has 0 fully saturated rings. The van der Waals surface area contributed by atoms with Crippen molar-refractivity contribution in [3.8, 4) is 10.4 Å². The Kier molecular flexibility index (Phi) is 15.7. The number of thiophene rings is 1. The second-order valence-corrected chi connectivity index (χ2v) is 24.0. The van der Waals surface area contributed by atoms with E-state index in [-0.39, 0.29) is 28.2 Å². The molecule has 390 valence electrons. The molecule has 1 N–H and O–H groups in total.